The molecule has 4 heterocycles. The van der Waals surface area contributed by atoms with Crippen molar-refractivity contribution in [2.45, 2.75) is 19.9 Å². The number of hydrogen-bond acceptors (Lipinski definition) is 8. The second-order valence-electron chi connectivity index (χ2n) is 10.1. The van der Waals surface area contributed by atoms with E-state index in [9.17, 15) is 9.59 Å². The highest BCUT2D eigenvalue weighted by atomic mass is 32.1. The van der Waals surface area contributed by atoms with E-state index in [1.165, 1.54) is 11.3 Å². The fraction of sp³-hybridized carbons (Fsp3) is 0.182. The van der Waals surface area contributed by atoms with Crippen molar-refractivity contribution >= 4 is 34.3 Å². The first-order valence-electron chi connectivity index (χ1n) is 13.8. The van der Waals surface area contributed by atoms with Crippen LogP contribution in [0.3, 0.4) is 0 Å². The van der Waals surface area contributed by atoms with Gasteiger partial charge in [-0.05, 0) is 49.2 Å². The number of aromatic nitrogens is 2. The average molecular weight is 594 g/mol. The van der Waals surface area contributed by atoms with E-state index in [4.69, 9.17) is 23.9 Å². The highest BCUT2D eigenvalue weighted by Gasteiger charge is 2.34. The Hall–Kier alpha value is -5.09. The number of nitrogens with zero attached hydrogens (tertiary/aromatic N) is 2. The number of methoxy groups -OCH3 is 1. The van der Waals surface area contributed by atoms with Crippen molar-refractivity contribution in [2.24, 2.45) is 4.99 Å². The summed E-state index contributed by atoms with van der Waals surface area (Å²) >= 11 is 1.28. The molecule has 2 aliphatic rings. The summed E-state index contributed by atoms with van der Waals surface area (Å²) in [5.74, 6) is 1.35. The summed E-state index contributed by atoms with van der Waals surface area (Å²) in [5, 5.41) is 0.916. The van der Waals surface area contributed by atoms with Crippen LogP contribution in [0.15, 0.2) is 87.8 Å². The van der Waals surface area contributed by atoms with Crippen molar-refractivity contribution < 1.29 is 23.7 Å². The second-order valence-corrected chi connectivity index (χ2v) is 11.1. The molecule has 0 amide bonds. The summed E-state index contributed by atoms with van der Waals surface area (Å²) in [6, 6.07) is 20.5. The molecule has 7 rings (SSSR count). The van der Waals surface area contributed by atoms with Crippen molar-refractivity contribution in [2.75, 3.05) is 20.5 Å². The number of aromatic amines is 1. The van der Waals surface area contributed by atoms with Crippen molar-refractivity contribution in [3.63, 3.8) is 0 Å². The van der Waals surface area contributed by atoms with Gasteiger partial charge in [-0.3, -0.25) is 9.36 Å². The smallest absolute Gasteiger partial charge is 0.338 e. The van der Waals surface area contributed by atoms with Crippen LogP contribution in [0.1, 0.15) is 31.0 Å². The van der Waals surface area contributed by atoms with Crippen LogP contribution in [0, 0.1) is 0 Å². The number of nitrogens with one attached hydrogen (secondary N) is 1. The summed E-state index contributed by atoms with van der Waals surface area (Å²) < 4.78 is 24.2. The van der Waals surface area contributed by atoms with Gasteiger partial charge in [0, 0.05) is 10.9 Å². The van der Waals surface area contributed by atoms with E-state index >= 15 is 0 Å². The number of fused-ring (bicyclic) bond motifs is 3. The van der Waals surface area contributed by atoms with Crippen LogP contribution in [0.2, 0.25) is 0 Å². The molecule has 43 heavy (non-hydrogen) atoms. The maximum Gasteiger partial charge on any atom is 0.338 e. The summed E-state index contributed by atoms with van der Waals surface area (Å²) in [5.41, 5.74) is 4.75. The lowest BCUT2D eigenvalue weighted by Crippen LogP contribution is -2.39. The number of H-pyrrole nitrogens is 1. The summed E-state index contributed by atoms with van der Waals surface area (Å²) in [7, 11) is 1.63. The van der Waals surface area contributed by atoms with Gasteiger partial charge in [-0.2, -0.15) is 0 Å². The third-order valence-corrected chi connectivity index (χ3v) is 8.61. The molecule has 1 atom stereocenters. The fourth-order valence-corrected chi connectivity index (χ4v) is 6.71. The predicted octanol–water partition coefficient (Wildman–Crippen LogP) is 4.68. The average Bonchev–Trinajstić information content (AvgIpc) is 3.72. The Balaban J connectivity index is 1.48. The predicted molar refractivity (Wildman–Crippen MR) is 163 cm³/mol. The van der Waals surface area contributed by atoms with Crippen molar-refractivity contribution in [1.82, 2.24) is 9.55 Å². The fourth-order valence-electron chi connectivity index (χ4n) is 5.69. The molecule has 3 aromatic carbocycles. The zero-order valence-corrected chi connectivity index (χ0v) is 24.5. The molecule has 0 bridgehead atoms. The van der Waals surface area contributed by atoms with Gasteiger partial charge in [-0.15, -0.1) is 0 Å². The Kier molecular flexibility index (Phi) is 6.62. The number of benzene rings is 3. The van der Waals surface area contributed by atoms with E-state index < -0.39 is 12.0 Å². The third kappa shape index (κ3) is 4.42. The molecule has 10 heteroatoms. The molecular weight excluding hydrogens is 566 g/mol. The third-order valence-electron chi connectivity index (χ3n) is 7.62. The van der Waals surface area contributed by atoms with Gasteiger partial charge in [-0.1, -0.05) is 59.9 Å². The molecule has 2 aromatic heterocycles. The maximum absolute atomic E-state index is 14.3. The minimum absolute atomic E-state index is 0.111. The Morgan fingerprint density at radius 2 is 1.93 bits per heavy atom. The number of thiazole rings is 1. The Morgan fingerprint density at radius 1 is 1.12 bits per heavy atom. The van der Waals surface area contributed by atoms with Gasteiger partial charge in [0.25, 0.3) is 5.56 Å². The molecule has 0 radical (unpaired) electrons. The second kappa shape index (κ2) is 10.6. The quantitative estimate of drug-likeness (QED) is 0.287. The molecule has 0 saturated heterocycles. The molecule has 2 aliphatic heterocycles. The number of esters is 1. The number of carbonyl (C=O) groups is 1. The van der Waals surface area contributed by atoms with Gasteiger partial charge in [0.15, 0.2) is 16.3 Å². The van der Waals surface area contributed by atoms with Gasteiger partial charge in [-0.25, -0.2) is 9.79 Å². The lowest BCUT2D eigenvalue weighted by Gasteiger charge is -2.24. The van der Waals surface area contributed by atoms with E-state index in [0.717, 1.165) is 27.7 Å². The topological polar surface area (TPSA) is 104 Å². The standard InChI is InChI=1S/C33H27N3O6S/c1-4-40-32(38)27-18(2)34-33-36(30(27)20-13-14-23-25(15-20)42-17-41-23)31(37)26(43-33)16-22-21-11-8-12-24(39-3)29(21)35-28(22)19-9-6-5-7-10-19/h5-16,30,35H,4,17H2,1-3H3/b26-16+. The number of allylic oxidation sites excluding steroid dienone is 1. The molecule has 5 aromatic rings. The first-order valence-corrected chi connectivity index (χ1v) is 14.6. The normalized spacial score (nSPS) is 15.9. The van der Waals surface area contributed by atoms with Gasteiger partial charge in [0.05, 0.1) is 46.8 Å². The van der Waals surface area contributed by atoms with E-state index in [1.807, 2.05) is 66.7 Å². The van der Waals surface area contributed by atoms with Crippen molar-refractivity contribution in [3.05, 3.63) is 109 Å². The highest BCUT2D eigenvalue weighted by molar-refractivity contribution is 7.07. The number of carbonyl (C=O) groups excluding carboxylic acids is 1. The van der Waals surface area contributed by atoms with Crippen LogP contribution in [0.25, 0.3) is 28.2 Å². The monoisotopic (exact) mass is 593 g/mol. The highest BCUT2D eigenvalue weighted by Crippen LogP contribution is 2.39. The number of hydrogen-bond donors (Lipinski definition) is 1. The molecule has 1 unspecified atom stereocenters. The molecule has 0 saturated carbocycles. The minimum Gasteiger partial charge on any atom is -0.495 e. The van der Waals surface area contributed by atoms with E-state index in [2.05, 4.69) is 4.98 Å². The first-order chi connectivity index (χ1) is 21.0. The van der Waals surface area contributed by atoms with Crippen LogP contribution in [0.4, 0.5) is 0 Å². The van der Waals surface area contributed by atoms with E-state index in [-0.39, 0.29) is 19.0 Å². The van der Waals surface area contributed by atoms with Crippen LogP contribution >= 0.6 is 11.3 Å². The SMILES string of the molecule is CCOC(=O)C1=C(C)N=c2s/c(=C/c3c(-c4ccccc4)[nH]c4c(OC)cccc34)c(=O)n2C1c1ccc2c(c1)OCO2. The van der Waals surface area contributed by atoms with Crippen LogP contribution in [-0.4, -0.2) is 36.0 Å². The largest absolute Gasteiger partial charge is 0.495 e. The molecule has 0 aliphatic carbocycles. The van der Waals surface area contributed by atoms with Gasteiger partial charge < -0.3 is 23.9 Å². The lowest BCUT2D eigenvalue weighted by molar-refractivity contribution is -0.139. The molecule has 216 valence electrons. The van der Waals surface area contributed by atoms with Gasteiger partial charge >= 0.3 is 5.97 Å². The van der Waals surface area contributed by atoms with Gasteiger partial charge in [0.1, 0.15) is 5.75 Å². The Morgan fingerprint density at radius 3 is 2.72 bits per heavy atom. The lowest BCUT2D eigenvalue weighted by atomic mass is 9.95. The summed E-state index contributed by atoms with van der Waals surface area (Å²) in [6.07, 6.45) is 1.89. The van der Waals surface area contributed by atoms with Crippen molar-refractivity contribution in [1.29, 1.82) is 0 Å². The summed E-state index contributed by atoms with van der Waals surface area (Å²) in [6.45, 7) is 3.82. The van der Waals surface area contributed by atoms with Crippen LogP contribution in [-0.2, 0) is 9.53 Å². The number of para-hydroxylation sites is 1. The number of ether oxygens (including phenoxy) is 4. The molecule has 0 spiro atoms. The Labute approximate surface area is 249 Å². The summed E-state index contributed by atoms with van der Waals surface area (Å²) in [4.78, 5) is 36.3. The molecule has 1 N–H and O–H groups in total. The van der Waals surface area contributed by atoms with E-state index in [0.29, 0.717) is 43.4 Å². The number of rotatable bonds is 6. The first kappa shape index (κ1) is 26.8. The zero-order valence-electron chi connectivity index (χ0n) is 23.7. The maximum atomic E-state index is 14.3. The molecule has 9 nitrogen and oxygen atoms in total. The van der Waals surface area contributed by atoms with Gasteiger partial charge in [0.2, 0.25) is 6.79 Å². The van der Waals surface area contributed by atoms with Crippen LogP contribution < -0.4 is 29.1 Å². The molecule has 0 fully saturated rings. The van der Waals surface area contributed by atoms with Crippen molar-refractivity contribution in [3.8, 4) is 28.5 Å². The van der Waals surface area contributed by atoms with Crippen LogP contribution in [0.5, 0.6) is 17.2 Å². The van der Waals surface area contributed by atoms with E-state index in [1.54, 1.807) is 31.6 Å². The zero-order chi connectivity index (χ0) is 29.7. The Bertz CT molecular complexity index is 2120. The molecular formula is C33H27N3O6S. The minimum atomic E-state index is -0.761.